The number of hydrogen-bond donors (Lipinski definition) is 2. The van der Waals surface area contributed by atoms with Gasteiger partial charge in [-0.3, -0.25) is 4.90 Å². The third-order valence-corrected chi connectivity index (χ3v) is 2.19. The standard InChI is InChI=1S/C11H25NO3/c1-5-15-8-11(14)7-12(9(2)3)6-10(4)13/h9-11,13-14H,5-8H2,1-4H3. The molecule has 0 amide bonds. The van der Waals surface area contributed by atoms with Crippen molar-refractivity contribution in [2.45, 2.75) is 45.9 Å². The van der Waals surface area contributed by atoms with Crippen molar-refractivity contribution in [3.63, 3.8) is 0 Å². The maximum atomic E-state index is 9.66. The fraction of sp³-hybridized carbons (Fsp3) is 1.00. The number of ether oxygens (including phenoxy) is 1. The average Bonchev–Trinajstić information content (AvgIpc) is 2.12. The Morgan fingerprint density at radius 2 is 1.73 bits per heavy atom. The van der Waals surface area contributed by atoms with Crippen LogP contribution in [-0.2, 0) is 4.74 Å². The van der Waals surface area contributed by atoms with Crippen LogP contribution in [0.3, 0.4) is 0 Å². The van der Waals surface area contributed by atoms with E-state index >= 15 is 0 Å². The van der Waals surface area contributed by atoms with Crippen LogP contribution in [0.2, 0.25) is 0 Å². The van der Waals surface area contributed by atoms with Crippen LogP contribution >= 0.6 is 0 Å². The van der Waals surface area contributed by atoms with E-state index in [4.69, 9.17) is 4.74 Å². The normalized spacial score (nSPS) is 16.0. The molecule has 0 aromatic rings. The second kappa shape index (κ2) is 8.05. The number of aliphatic hydroxyl groups excluding tert-OH is 2. The van der Waals surface area contributed by atoms with Crippen LogP contribution < -0.4 is 0 Å². The van der Waals surface area contributed by atoms with Gasteiger partial charge in [-0.25, -0.2) is 0 Å². The lowest BCUT2D eigenvalue weighted by Gasteiger charge is -2.29. The largest absolute Gasteiger partial charge is 0.392 e. The molecule has 0 aliphatic rings. The van der Waals surface area contributed by atoms with Crippen LogP contribution in [0.1, 0.15) is 27.7 Å². The first-order valence-electron chi connectivity index (χ1n) is 5.65. The van der Waals surface area contributed by atoms with Crippen molar-refractivity contribution in [2.24, 2.45) is 0 Å². The molecule has 0 saturated carbocycles. The zero-order chi connectivity index (χ0) is 11.8. The monoisotopic (exact) mass is 219 g/mol. The van der Waals surface area contributed by atoms with Gasteiger partial charge in [0.25, 0.3) is 0 Å². The van der Waals surface area contributed by atoms with Crippen LogP contribution in [0.15, 0.2) is 0 Å². The fourth-order valence-corrected chi connectivity index (χ4v) is 1.41. The lowest BCUT2D eigenvalue weighted by Crippen LogP contribution is -2.42. The van der Waals surface area contributed by atoms with Crippen molar-refractivity contribution in [1.29, 1.82) is 0 Å². The van der Waals surface area contributed by atoms with Crippen LogP contribution in [-0.4, -0.2) is 59.7 Å². The molecule has 0 spiro atoms. The summed E-state index contributed by atoms with van der Waals surface area (Å²) in [6, 6.07) is 0.316. The summed E-state index contributed by atoms with van der Waals surface area (Å²) in [6.07, 6.45) is -0.849. The number of nitrogens with zero attached hydrogens (tertiary/aromatic N) is 1. The van der Waals surface area contributed by atoms with Gasteiger partial charge in [-0.2, -0.15) is 0 Å². The third-order valence-electron chi connectivity index (χ3n) is 2.19. The topological polar surface area (TPSA) is 52.9 Å². The molecule has 92 valence electrons. The Morgan fingerprint density at radius 1 is 1.13 bits per heavy atom. The number of hydrogen-bond acceptors (Lipinski definition) is 4. The van der Waals surface area contributed by atoms with Gasteiger partial charge in [0, 0.05) is 25.7 Å². The molecule has 0 aromatic carbocycles. The molecule has 2 atom stereocenters. The van der Waals surface area contributed by atoms with E-state index in [1.807, 2.05) is 11.8 Å². The second-order valence-electron chi connectivity index (χ2n) is 4.21. The minimum Gasteiger partial charge on any atom is -0.392 e. The molecule has 0 fully saturated rings. The van der Waals surface area contributed by atoms with Gasteiger partial charge in [-0.1, -0.05) is 0 Å². The molecule has 0 aliphatic carbocycles. The van der Waals surface area contributed by atoms with Crippen molar-refractivity contribution in [2.75, 3.05) is 26.3 Å². The van der Waals surface area contributed by atoms with Gasteiger partial charge in [0.05, 0.1) is 18.8 Å². The Balaban J connectivity index is 3.93. The number of aliphatic hydroxyl groups is 2. The van der Waals surface area contributed by atoms with E-state index in [1.54, 1.807) is 6.92 Å². The smallest absolute Gasteiger partial charge is 0.0900 e. The Kier molecular flexibility index (Phi) is 7.96. The van der Waals surface area contributed by atoms with E-state index < -0.39 is 6.10 Å². The summed E-state index contributed by atoms with van der Waals surface area (Å²) in [5.74, 6) is 0. The maximum absolute atomic E-state index is 9.66. The molecule has 0 rings (SSSR count). The highest BCUT2D eigenvalue weighted by molar-refractivity contribution is 4.70. The van der Waals surface area contributed by atoms with Gasteiger partial charge in [0.1, 0.15) is 0 Å². The van der Waals surface area contributed by atoms with E-state index in [0.29, 0.717) is 32.3 Å². The molecule has 0 aliphatic heterocycles. The number of rotatable bonds is 8. The molecule has 0 radical (unpaired) electrons. The first-order valence-corrected chi connectivity index (χ1v) is 5.65. The van der Waals surface area contributed by atoms with Gasteiger partial charge in [0.2, 0.25) is 0 Å². The van der Waals surface area contributed by atoms with Crippen LogP contribution in [0.5, 0.6) is 0 Å². The Labute approximate surface area is 92.9 Å². The molecule has 2 unspecified atom stereocenters. The lowest BCUT2D eigenvalue weighted by molar-refractivity contribution is 0.00534. The van der Waals surface area contributed by atoms with Gasteiger partial charge < -0.3 is 14.9 Å². The Morgan fingerprint density at radius 3 is 2.13 bits per heavy atom. The van der Waals surface area contributed by atoms with Gasteiger partial charge in [-0.15, -0.1) is 0 Å². The van der Waals surface area contributed by atoms with E-state index in [-0.39, 0.29) is 6.10 Å². The van der Waals surface area contributed by atoms with Gasteiger partial charge in [-0.05, 0) is 27.7 Å². The predicted octanol–water partition coefficient (Wildman–Crippen LogP) is 0.475. The molecule has 4 nitrogen and oxygen atoms in total. The quantitative estimate of drug-likeness (QED) is 0.623. The first-order chi connectivity index (χ1) is 6.97. The van der Waals surface area contributed by atoms with Crippen LogP contribution in [0.4, 0.5) is 0 Å². The summed E-state index contributed by atoms with van der Waals surface area (Å²) < 4.78 is 5.14. The molecule has 0 saturated heterocycles. The minimum atomic E-state index is -0.480. The van der Waals surface area contributed by atoms with E-state index in [1.165, 1.54) is 0 Å². The SMILES string of the molecule is CCOCC(O)CN(CC(C)O)C(C)C. The molecule has 2 N–H and O–H groups in total. The highest BCUT2D eigenvalue weighted by atomic mass is 16.5. The zero-order valence-electron chi connectivity index (χ0n) is 10.3. The second-order valence-corrected chi connectivity index (χ2v) is 4.21. The van der Waals surface area contributed by atoms with Crippen molar-refractivity contribution < 1.29 is 14.9 Å². The van der Waals surface area contributed by atoms with E-state index in [0.717, 1.165) is 0 Å². The predicted molar refractivity (Wildman–Crippen MR) is 60.9 cm³/mol. The van der Waals surface area contributed by atoms with Crippen LogP contribution in [0.25, 0.3) is 0 Å². The Bertz CT molecular complexity index is 151. The Hall–Kier alpha value is -0.160. The van der Waals surface area contributed by atoms with Crippen molar-refractivity contribution in [3.8, 4) is 0 Å². The van der Waals surface area contributed by atoms with Crippen molar-refractivity contribution in [3.05, 3.63) is 0 Å². The summed E-state index contributed by atoms with van der Waals surface area (Å²) in [6.45, 7) is 9.87. The van der Waals surface area contributed by atoms with Gasteiger partial charge in [0.15, 0.2) is 0 Å². The molecule has 0 heterocycles. The summed E-state index contributed by atoms with van der Waals surface area (Å²) in [7, 11) is 0. The van der Waals surface area contributed by atoms with E-state index in [2.05, 4.69) is 13.8 Å². The average molecular weight is 219 g/mol. The molecule has 15 heavy (non-hydrogen) atoms. The summed E-state index contributed by atoms with van der Waals surface area (Å²) in [5.41, 5.74) is 0. The lowest BCUT2D eigenvalue weighted by atomic mass is 10.2. The van der Waals surface area contributed by atoms with Crippen molar-refractivity contribution >= 4 is 0 Å². The fourth-order valence-electron chi connectivity index (χ4n) is 1.41. The molecule has 0 aromatic heterocycles. The summed E-state index contributed by atoms with van der Waals surface area (Å²) in [5, 5.41) is 19.0. The van der Waals surface area contributed by atoms with Crippen LogP contribution in [0, 0.1) is 0 Å². The molecular formula is C11H25NO3. The zero-order valence-corrected chi connectivity index (χ0v) is 10.3. The van der Waals surface area contributed by atoms with Crippen molar-refractivity contribution in [1.82, 2.24) is 4.90 Å². The summed E-state index contributed by atoms with van der Waals surface area (Å²) >= 11 is 0. The maximum Gasteiger partial charge on any atom is 0.0900 e. The first kappa shape index (κ1) is 14.8. The van der Waals surface area contributed by atoms with E-state index in [9.17, 15) is 10.2 Å². The molecular weight excluding hydrogens is 194 g/mol. The third kappa shape index (κ3) is 7.73. The highest BCUT2D eigenvalue weighted by Crippen LogP contribution is 2.02. The highest BCUT2D eigenvalue weighted by Gasteiger charge is 2.16. The molecule has 0 bridgehead atoms. The minimum absolute atomic E-state index is 0.316. The van der Waals surface area contributed by atoms with Gasteiger partial charge >= 0.3 is 0 Å². The molecule has 4 heteroatoms. The summed E-state index contributed by atoms with van der Waals surface area (Å²) in [4.78, 5) is 2.05.